The molecule has 0 fully saturated rings. The molecule has 2 aromatic carbocycles. The van der Waals surface area contributed by atoms with Gasteiger partial charge in [0.2, 0.25) is 5.91 Å². The number of carbonyl (C=O) groups excluding carboxylic acids is 1. The molecule has 0 saturated heterocycles. The summed E-state index contributed by atoms with van der Waals surface area (Å²) >= 11 is 1.52. The Bertz CT molecular complexity index is 873. The van der Waals surface area contributed by atoms with Gasteiger partial charge in [-0.05, 0) is 36.1 Å². The Balaban J connectivity index is 1.69. The molecule has 1 heterocycles. The van der Waals surface area contributed by atoms with E-state index in [9.17, 15) is 4.79 Å². The number of nitrogens with zero attached hydrogens (tertiary/aromatic N) is 1. The van der Waals surface area contributed by atoms with Gasteiger partial charge in [0.25, 0.3) is 0 Å². The summed E-state index contributed by atoms with van der Waals surface area (Å²) < 4.78 is 0. The number of anilines is 1. The molecule has 0 spiro atoms. The molecule has 4 heteroatoms. The summed E-state index contributed by atoms with van der Waals surface area (Å²) in [6.45, 7) is 4.34. The predicted octanol–water partition coefficient (Wildman–Crippen LogP) is 5.48. The first kappa shape index (κ1) is 17.5. The number of aromatic nitrogens is 1. The van der Waals surface area contributed by atoms with E-state index in [1.807, 2.05) is 48.5 Å². The lowest BCUT2D eigenvalue weighted by molar-refractivity contribution is -0.113. The fourth-order valence-electron chi connectivity index (χ4n) is 2.78. The second kappa shape index (κ2) is 8.17. The van der Waals surface area contributed by atoms with Crippen LogP contribution in [0.15, 0.2) is 65.7 Å². The van der Waals surface area contributed by atoms with E-state index in [-0.39, 0.29) is 5.91 Å². The monoisotopic (exact) mass is 350 g/mol. The average Bonchev–Trinajstić information content (AvgIpc) is 2.66. The topological polar surface area (TPSA) is 42.0 Å². The van der Waals surface area contributed by atoms with Crippen molar-refractivity contribution in [3.63, 3.8) is 0 Å². The van der Waals surface area contributed by atoms with Gasteiger partial charge in [-0.2, -0.15) is 0 Å². The molecule has 0 aliphatic rings. The predicted molar refractivity (Wildman–Crippen MR) is 106 cm³/mol. The second-order valence-electron chi connectivity index (χ2n) is 6.06. The van der Waals surface area contributed by atoms with Crippen LogP contribution >= 0.6 is 11.8 Å². The van der Waals surface area contributed by atoms with Crippen molar-refractivity contribution in [1.82, 2.24) is 4.98 Å². The number of thioether (sulfide) groups is 1. The van der Waals surface area contributed by atoms with Crippen molar-refractivity contribution < 1.29 is 4.79 Å². The molecule has 1 amide bonds. The molecular weight excluding hydrogens is 328 g/mol. The van der Waals surface area contributed by atoms with Gasteiger partial charge in [-0.1, -0.05) is 50.2 Å². The summed E-state index contributed by atoms with van der Waals surface area (Å²) in [7, 11) is 0. The molecule has 1 atom stereocenters. The molecule has 3 aromatic rings. The minimum absolute atomic E-state index is 0.00804. The molecule has 128 valence electrons. The van der Waals surface area contributed by atoms with Crippen LogP contribution in [0.3, 0.4) is 0 Å². The van der Waals surface area contributed by atoms with E-state index in [1.54, 1.807) is 6.20 Å². The van der Waals surface area contributed by atoms with Crippen molar-refractivity contribution in [3.05, 3.63) is 66.4 Å². The Kier molecular flexibility index (Phi) is 5.71. The summed E-state index contributed by atoms with van der Waals surface area (Å²) in [5, 5.41) is 4.16. The third kappa shape index (κ3) is 4.20. The Hall–Kier alpha value is -2.33. The van der Waals surface area contributed by atoms with E-state index >= 15 is 0 Å². The third-order valence-corrected chi connectivity index (χ3v) is 5.38. The SMILES string of the molecule is CCC(C)c1ccccc1NC(=O)CSc1cccc2cccnc12. The molecule has 1 N–H and O–H groups in total. The normalized spacial score (nSPS) is 12.1. The fraction of sp³-hybridized carbons (Fsp3) is 0.238. The minimum Gasteiger partial charge on any atom is -0.325 e. The average molecular weight is 350 g/mol. The summed E-state index contributed by atoms with van der Waals surface area (Å²) in [6, 6.07) is 18.1. The zero-order chi connectivity index (χ0) is 17.6. The first-order valence-electron chi connectivity index (χ1n) is 8.54. The van der Waals surface area contributed by atoms with E-state index in [4.69, 9.17) is 0 Å². The Labute approximate surface area is 152 Å². The van der Waals surface area contributed by atoms with Gasteiger partial charge in [-0.3, -0.25) is 9.78 Å². The van der Waals surface area contributed by atoms with Crippen LogP contribution in [-0.4, -0.2) is 16.6 Å². The van der Waals surface area contributed by atoms with E-state index in [1.165, 1.54) is 17.3 Å². The maximum atomic E-state index is 12.4. The standard InChI is InChI=1S/C21H22N2OS/c1-3-15(2)17-10-4-5-11-18(17)23-20(24)14-25-19-12-6-8-16-9-7-13-22-21(16)19/h4-13,15H,3,14H2,1-2H3,(H,23,24). The fourth-order valence-corrected chi connectivity index (χ4v) is 3.62. The molecule has 0 radical (unpaired) electrons. The van der Waals surface area contributed by atoms with Crippen LogP contribution in [0.2, 0.25) is 0 Å². The van der Waals surface area contributed by atoms with Crippen molar-refractivity contribution >= 4 is 34.3 Å². The summed E-state index contributed by atoms with van der Waals surface area (Å²) in [6.07, 6.45) is 2.83. The zero-order valence-electron chi connectivity index (χ0n) is 14.5. The van der Waals surface area contributed by atoms with Gasteiger partial charge in [0.1, 0.15) is 0 Å². The largest absolute Gasteiger partial charge is 0.325 e. The lowest BCUT2D eigenvalue weighted by atomic mass is 9.97. The number of para-hydroxylation sites is 2. The van der Waals surface area contributed by atoms with E-state index in [0.717, 1.165) is 27.9 Å². The number of fused-ring (bicyclic) bond motifs is 1. The molecule has 3 rings (SSSR count). The Morgan fingerprint density at radius 1 is 1.12 bits per heavy atom. The molecule has 25 heavy (non-hydrogen) atoms. The van der Waals surface area contributed by atoms with Crippen LogP contribution in [0.5, 0.6) is 0 Å². The molecule has 0 aliphatic heterocycles. The van der Waals surface area contributed by atoms with Crippen molar-refractivity contribution in [1.29, 1.82) is 0 Å². The van der Waals surface area contributed by atoms with Crippen molar-refractivity contribution in [2.24, 2.45) is 0 Å². The van der Waals surface area contributed by atoms with Gasteiger partial charge < -0.3 is 5.32 Å². The number of carbonyl (C=O) groups is 1. The number of rotatable bonds is 6. The first-order valence-corrected chi connectivity index (χ1v) is 9.53. The van der Waals surface area contributed by atoms with Gasteiger partial charge in [-0.25, -0.2) is 0 Å². The minimum atomic E-state index is 0.00804. The van der Waals surface area contributed by atoms with Gasteiger partial charge in [-0.15, -0.1) is 11.8 Å². The van der Waals surface area contributed by atoms with Gasteiger partial charge in [0.05, 0.1) is 11.3 Å². The van der Waals surface area contributed by atoms with E-state index in [2.05, 4.69) is 30.2 Å². The number of amides is 1. The number of benzene rings is 2. The summed E-state index contributed by atoms with van der Waals surface area (Å²) in [4.78, 5) is 17.9. The molecule has 1 aromatic heterocycles. The Morgan fingerprint density at radius 3 is 2.76 bits per heavy atom. The molecule has 0 saturated carbocycles. The number of hydrogen-bond acceptors (Lipinski definition) is 3. The lowest BCUT2D eigenvalue weighted by Gasteiger charge is -2.15. The molecule has 1 unspecified atom stereocenters. The highest BCUT2D eigenvalue weighted by atomic mass is 32.2. The first-order chi connectivity index (χ1) is 12.2. The maximum Gasteiger partial charge on any atom is 0.234 e. The van der Waals surface area contributed by atoms with Crippen LogP contribution in [0.25, 0.3) is 10.9 Å². The zero-order valence-corrected chi connectivity index (χ0v) is 15.3. The van der Waals surface area contributed by atoms with E-state index in [0.29, 0.717) is 11.7 Å². The van der Waals surface area contributed by atoms with Crippen LogP contribution in [0.4, 0.5) is 5.69 Å². The molecule has 0 aliphatic carbocycles. The maximum absolute atomic E-state index is 12.4. The van der Waals surface area contributed by atoms with Crippen molar-refractivity contribution in [2.45, 2.75) is 31.1 Å². The second-order valence-corrected chi connectivity index (χ2v) is 7.08. The number of nitrogens with one attached hydrogen (secondary N) is 1. The highest BCUT2D eigenvalue weighted by Crippen LogP contribution is 2.28. The lowest BCUT2D eigenvalue weighted by Crippen LogP contribution is -2.15. The number of hydrogen-bond donors (Lipinski definition) is 1. The summed E-state index contributed by atoms with van der Waals surface area (Å²) in [5.74, 6) is 0.796. The van der Waals surface area contributed by atoms with Crippen LogP contribution in [-0.2, 0) is 4.79 Å². The van der Waals surface area contributed by atoms with Crippen LogP contribution in [0, 0.1) is 0 Å². The van der Waals surface area contributed by atoms with Crippen LogP contribution < -0.4 is 5.32 Å². The van der Waals surface area contributed by atoms with Crippen molar-refractivity contribution in [2.75, 3.05) is 11.1 Å². The van der Waals surface area contributed by atoms with Crippen molar-refractivity contribution in [3.8, 4) is 0 Å². The van der Waals surface area contributed by atoms with Gasteiger partial charge >= 0.3 is 0 Å². The van der Waals surface area contributed by atoms with E-state index < -0.39 is 0 Å². The molecule has 3 nitrogen and oxygen atoms in total. The Morgan fingerprint density at radius 2 is 1.92 bits per heavy atom. The molecule has 0 bridgehead atoms. The van der Waals surface area contributed by atoms with Crippen LogP contribution in [0.1, 0.15) is 31.7 Å². The highest BCUT2D eigenvalue weighted by molar-refractivity contribution is 8.00. The summed E-state index contributed by atoms with van der Waals surface area (Å²) in [5.41, 5.74) is 3.05. The van der Waals surface area contributed by atoms with Gasteiger partial charge in [0, 0.05) is 22.2 Å². The third-order valence-electron chi connectivity index (χ3n) is 4.33. The molecular formula is C21H22N2OS. The number of pyridine rings is 1. The smallest absolute Gasteiger partial charge is 0.234 e. The highest BCUT2D eigenvalue weighted by Gasteiger charge is 2.12. The quantitative estimate of drug-likeness (QED) is 0.599. The van der Waals surface area contributed by atoms with Gasteiger partial charge in [0.15, 0.2) is 0 Å².